The molecule has 0 atom stereocenters. The number of nitrogens with one attached hydrogen (secondary N) is 1. The summed E-state index contributed by atoms with van der Waals surface area (Å²) >= 11 is 6.78. The minimum absolute atomic E-state index is 0.0262. The van der Waals surface area contributed by atoms with Crippen molar-refractivity contribution in [3.8, 4) is 0 Å². The Morgan fingerprint density at radius 2 is 2.00 bits per heavy atom. The average molecular weight is 323 g/mol. The summed E-state index contributed by atoms with van der Waals surface area (Å²) in [5.41, 5.74) is 0.803. The van der Waals surface area contributed by atoms with Crippen LogP contribution in [0.3, 0.4) is 0 Å². The molecule has 0 unspecified atom stereocenters. The van der Waals surface area contributed by atoms with Crippen molar-refractivity contribution in [2.45, 2.75) is 33.2 Å². The second kappa shape index (κ2) is 5.38. The van der Waals surface area contributed by atoms with Gasteiger partial charge in [-0.05, 0) is 44.5 Å². The number of hydrogen-bond acceptors (Lipinski definition) is 4. The Morgan fingerprint density at radius 1 is 1.33 bits per heavy atom. The van der Waals surface area contributed by atoms with Gasteiger partial charge in [-0.3, -0.25) is 14.2 Å². The molecule has 1 aliphatic heterocycles. The second-order valence-electron chi connectivity index (χ2n) is 5.40. The fourth-order valence-electron chi connectivity index (χ4n) is 2.71. The minimum atomic E-state index is -0.164. The first-order valence-electron chi connectivity index (χ1n) is 6.99. The second-order valence-corrected chi connectivity index (χ2v) is 7.01. The first kappa shape index (κ1) is 14.5. The third kappa shape index (κ3) is 2.44. The summed E-state index contributed by atoms with van der Waals surface area (Å²) in [5, 5.41) is 0.653. The lowest BCUT2D eigenvalue weighted by molar-refractivity contribution is -0.130. The summed E-state index contributed by atoms with van der Waals surface area (Å²) in [4.78, 5) is 31.7. The predicted molar refractivity (Wildman–Crippen MR) is 86.6 cm³/mol. The van der Waals surface area contributed by atoms with Gasteiger partial charge in [-0.15, -0.1) is 11.3 Å². The number of fused-ring (bicyclic) bond motifs is 1. The molecule has 112 valence electrons. The standard InChI is InChI=1S/C14H17N3O2S2/c1-8-9(2)21-12-11(8)13(19)17(14(20)15-12)7-10(18)16-5-3-4-6-16/h3-7H2,1-2H3,(H,15,20). The van der Waals surface area contributed by atoms with Crippen molar-refractivity contribution in [3.05, 3.63) is 25.6 Å². The lowest BCUT2D eigenvalue weighted by atomic mass is 10.2. The van der Waals surface area contributed by atoms with Crippen LogP contribution in [-0.2, 0) is 11.3 Å². The molecular weight excluding hydrogens is 306 g/mol. The maximum absolute atomic E-state index is 12.6. The van der Waals surface area contributed by atoms with E-state index in [2.05, 4.69) is 4.98 Å². The quantitative estimate of drug-likeness (QED) is 0.863. The molecule has 2 aromatic rings. The number of H-pyrrole nitrogens is 1. The van der Waals surface area contributed by atoms with Crippen molar-refractivity contribution >= 4 is 39.7 Å². The van der Waals surface area contributed by atoms with Crippen LogP contribution in [0, 0.1) is 18.6 Å². The molecule has 5 nitrogen and oxygen atoms in total. The topological polar surface area (TPSA) is 58.1 Å². The van der Waals surface area contributed by atoms with Gasteiger partial charge >= 0.3 is 0 Å². The van der Waals surface area contributed by atoms with Crippen molar-refractivity contribution in [1.82, 2.24) is 14.5 Å². The SMILES string of the molecule is Cc1sc2[nH]c(=S)n(CC(=O)N3CCCC3)c(=O)c2c1C. The van der Waals surface area contributed by atoms with Crippen molar-refractivity contribution in [3.63, 3.8) is 0 Å². The number of likely N-dealkylation sites (tertiary alicyclic amines) is 1. The van der Waals surface area contributed by atoms with Crippen LogP contribution in [0.2, 0.25) is 0 Å². The van der Waals surface area contributed by atoms with Gasteiger partial charge in [0.15, 0.2) is 4.77 Å². The van der Waals surface area contributed by atoms with Crippen LogP contribution in [0.1, 0.15) is 23.3 Å². The number of hydrogen-bond donors (Lipinski definition) is 1. The third-order valence-corrected chi connectivity index (χ3v) is 5.51. The molecule has 1 amide bonds. The third-order valence-electron chi connectivity index (χ3n) is 4.06. The van der Waals surface area contributed by atoms with Gasteiger partial charge in [0.25, 0.3) is 5.56 Å². The van der Waals surface area contributed by atoms with Crippen molar-refractivity contribution < 1.29 is 4.79 Å². The Labute approximate surface area is 131 Å². The van der Waals surface area contributed by atoms with Gasteiger partial charge in [0.1, 0.15) is 11.4 Å². The first-order valence-corrected chi connectivity index (χ1v) is 8.22. The first-order chi connectivity index (χ1) is 9.99. The molecule has 1 N–H and O–H groups in total. The fourth-order valence-corrected chi connectivity index (χ4v) is 4.08. The highest BCUT2D eigenvalue weighted by atomic mass is 32.1. The Balaban J connectivity index is 2.06. The molecule has 0 aliphatic carbocycles. The highest BCUT2D eigenvalue weighted by molar-refractivity contribution is 7.71. The van der Waals surface area contributed by atoms with Crippen molar-refractivity contribution in [1.29, 1.82) is 0 Å². The molecule has 0 radical (unpaired) electrons. The zero-order chi connectivity index (χ0) is 15.1. The van der Waals surface area contributed by atoms with Crippen LogP contribution in [0.5, 0.6) is 0 Å². The Bertz CT molecular complexity index is 825. The molecule has 0 aromatic carbocycles. The highest BCUT2D eigenvalue weighted by Gasteiger charge is 2.20. The van der Waals surface area contributed by atoms with Gasteiger partial charge in [-0.2, -0.15) is 0 Å². The number of rotatable bonds is 2. The van der Waals surface area contributed by atoms with Crippen LogP contribution < -0.4 is 5.56 Å². The Hall–Kier alpha value is -1.47. The molecule has 1 fully saturated rings. The molecule has 7 heteroatoms. The molecule has 3 heterocycles. The minimum Gasteiger partial charge on any atom is -0.341 e. The number of aromatic amines is 1. The van der Waals surface area contributed by atoms with Crippen LogP contribution in [0.25, 0.3) is 10.2 Å². The molecule has 3 rings (SSSR count). The van der Waals surface area contributed by atoms with Gasteiger partial charge in [-0.1, -0.05) is 0 Å². The number of thiophene rings is 1. The van der Waals surface area contributed by atoms with Gasteiger partial charge in [0.2, 0.25) is 5.91 Å². The molecule has 2 aromatic heterocycles. The number of carbonyl (C=O) groups excluding carboxylic acids is 1. The maximum atomic E-state index is 12.6. The summed E-state index contributed by atoms with van der Waals surface area (Å²) < 4.78 is 1.71. The molecule has 0 saturated carbocycles. The number of amides is 1. The van der Waals surface area contributed by atoms with E-state index in [1.807, 2.05) is 13.8 Å². The zero-order valence-electron chi connectivity index (χ0n) is 12.1. The molecular formula is C14H17N3O2S2. The molecule has 1 aliphatic rings. The van der Waals surface area contributed by atoms with Crippen molar-refractivity contribution in [2.75, 3.05) is 13.1 Å². The lowest BCUT2D eigenvalue weighted by Gasteiger charge is -2.16. The van der Waals surface area contributed by atoms with Crippen molar-refractivity contribution in [2.24, 2.45) is 0 Å². The van der Waals surface area contributed by atoms with Crippen LogP contribution in [0.4, 0.5) is 0 Å². The number of aromatic nitrogens is 2. The summed E-state index contributed by atoms with van der Waals surface area (Å²) in [6.07, 6.45) is 2.07. The number of nitrogens with zero attached hydrogens (tertiary/aromatic N) is 2. The average Bonchev–Trinajstić information content (AvgIpc) is 3.04. The van der Waals surface area contributed by atoms with E-state index < -0.39 is 0 Å². The van der Waals surface area contributed by atoms with E-state index in [0.717, 1.165) is 41.2 Å². The van der Waals surface area contributed by atoms with Gasteiger partial charge < -0.3 is 9.88 Å². The van der Waals surface area contributed by atoms with E-state index in [0.29, 0.717) is 10.2 Å². The predicted octanol–water partition coefficient (Wildman–Crippen LogP) is 2.36. The fraction of sp³-hybridized carbons (Fsp3) is 0.500. The van der Waals surface area contributed by atoms with Gasteiger partial charge in [-0.25, -0.2) is 0 Å². The summed E-state index contributed by atoms with van der Waals surface area (Å²) in [5.74, 6) is -0.0296. The lowest BCUT2D eigenvalue weighted by Crippen LogP contribution is -2.35. The molecule has 0 bridgehead atoms. The highest BCUT2D eigenvalue weighted by Crippen LogP contribution is 2.25. The van der Waals surface area contributed by atoms with Crippen LogP contribution in [-0.4, -0.2) is 33.4 Å². The Morgan fingerprint density at radius 3 is 2.67 bits per heavy atom. The van der Waals surface area contributed by atoms with E-state index >= 15 is 0 Å². The maximum Gasteiger partial charge on any atom is 0.263 e. The van der Waals surface area contributed by atoms with Gasteiger partial charge in [0.05, 0.1) is 5.39 Å². The summed E-state index contributed by atoms with van der Waals surface area (Å²) in [6.45, 7) is 5.50. The largest absolute Gasteiger partial charge is 0.341 e. The van der Waals surface area contributed by atoms with E-state index in [9.17, 15) is 9.59 Å². The van der Waals surface area contributed by atoms with E-state index in [4.69, 9.17) is 12.2 Å². The zero-order valence-corrected chi connectivity index (χ0v) is 13.7. The molecule has 0 spiro atoms. The van der Waals surface area contributed by atoms with Gasteiger partial charge in [0, 0.05) is 18.0 Å². The van der Waals surface area contributed by atoms with E-state index in [-0.39, 0.29) is 18.0 Å². The Kier molecular flexibility index (Phi) is 3.71. The summed E-state index contributed by atoms with van der Waals surface area (Å²) in [6, 6.07) is 0. The monoisotopic (exact) mass is 323 g/mol. The van der Waals surface area contributed by atoms with Crippen LogP contribution in [0.15, 0.2) is 4.79 Å². The number of carbonyl (C=O) groups is 1. The number of aryl methyl sites for hydroxylation is 2. The summed E-state index contributed by atoms with van der Waals surface area (Å²) in [7, 11) is 0. The molecule has 21 heavy (non-hydrogen) atoms. The van der Waals surface area contributed by atoms with Crippen LogP contribution >= 0.6 is 23.6 Å². The normalized spacial score (nSPS) is 15.0. The smallest absolute Gasteiger partial charge is 0.263 e. The van der Waals surface area contributed by atoms with E-state index in [1.165, 1.54) is 15.9 Å². The molecule has 1 saturated heterocycles. The van der Waals surface area contributed by atoms with E-state index in [1.54, 1.807) is 4.90 Å².